The van der Waals surface area contributed by atoms with E-state index >= 15 is 0 Å². The summed E-state index contributed by atoms with van der Waals surface area (Å²) in [7, 11) is 0. The van der Waals surface area contributed by atoms with E-state index in [1.54, 1.807) is 0 Å². The van der Waals surface area contributed by atoms with Gasteiger partial charge in [0.05, 0.1) is 0 Å². The van der Waals surface area contributed by atoms with Crippen LogP contribution >= 0.6 is 11.6 Å². The van der Waals surface area contributed by atoms with Gasteiger partial charge in [-0.3, -0.25) is 0 Å². The van der Waals surface area contributed by atoms with E-state index in [1.165, 1.54) is 44.2 Å². The normalized spacial score (nSPS) is 22.7. The quantitative estimate of drug-likeness (QED) is 0.765. The molecular weight excluding hydrogens is 282 g/mol. The van der Waals surface area contributed by atoms with Crippen LogP contribution in [0.25, 0.3) is 0 Å². The van der Waals surface area contributed by atoms with Crippen molar-refractivity contribution in [3.63, 3.8) is 0 Å². The van der Waals surface area contributed by atoms with Crippen LogP contribution in [0.1, 0.15) is 44.1 Å². The topological polar surface area (TPSA) is 20.3 Å². The Hall–Kier alpha value is -0.860. The van der Waals surface area contributed by atoms with Crippen LogP contribution in [-0.4, -0.2) is 30.8 Å². The first-order valence-electron chi connectivity index (χ1n) is 8.14. The molecule has 2 nitrogen and oxygen atoms in total. The third-order valence-electron chi connectivity index (χ3n) is 5.43. The molecule has 0 amide bonds. The number of hydrogen-bond acceptors (Lipinski definition) is 2. The van der Waals surface area contributed by atoms with Gasteiger partial charge >= 0.3 is 0 Å². The number of halogens is 1. The zero-order chi connectivity index (χ0) is 14.7. The highest BCUT2D eigenvalue weighted by atomic mass is 35.5. The molecule has 1 saturated carbocycles. The molecule has 0 N–H and O–H groups in total. The molecule has 2 aliphatic rings. The average Bonchev–Trinajstić information content (AvgIpc) is 2.46. The summed E-state index contributed by atoms with van der Waals surface area (Å²) < 4.78 is 0. The zero-order valence-electron chi connectivity index (χ0n) is 12.6. The molecule has 1 saturated heterocycles. The van der Waals surface area contributed by atoms with Crippen molar-refractivity contribution >= 4 is 17.9 Å². The molecule has 114 valence electrons. The highest BCUT2D eigenvalue weighted by Crippen LogP contribution is 2.45. The predicted molar refractivity (Wildman–Crippen MR) is 86.8 cm³/mol. The lowest BCUT2D eigenvalue weighted by molar-refractivity contribution is -0.108. The smallest absolute Gasteiger partial charge is 0.120 e. The number of hydrogen-bond donors (Lipinski definition) is 0. The molecule has 0 bridgehead atoms. The molecule has 1 aliphatic heterocycles. The van der Waals surface area contributed by atoms with E-state index in [1.807, 2.05) is 12.1 Å². The van der Waals surface area contributed by atoms with Gasteiger partial charge in [-0.25, -0.2) is 0 Å². The minimum atomic E-state index is 0.349. The van der Waals surface area contributed by atoms with Crippen LogP contribution in [0.3, 0.4) is 0 Å². The fourth-order valence-corrected chi connectivity index (χ4v) is 4.02. The van der Waals surface area contributed by atoms with E-state index in [9.17, 15) is 4.79 Å². The Balaban J connectivity index is 1.62. The van der Waals surface area contributed by atoms with Gasteiger partial charge in [-0.15, -0.1) is 0 Å². The van der Waals surface area contributed by atoms with E-state index in [-0.39, 0.29) is 0 Å². The van der Waals surface area contributed by atoms with Gasteiger partial charge < -0.3 is 9.69 Å². The summed E-state index contributed by atoms with van der Waals surface area (Å²) in [5, 5.41) is 0.822. The number of rotatable bonds is 5. The molecule has 3 heteroatoms. The zero-order valence-corrected chi connectivity index (χ0v) is 13.3. The molecule has 2 fully saturated rings. The second-order valence-electron chi connectivity index (χ2n) is 6.76. The Bertz CT molecular complexity index is 472. The van der Waals surface area contributed by atoms with Gasteiger partial charge in [0, 0.05) is 23.4 Å². The fourth-order valence-electron chi connectivity index (χ4n) is 3.89. The molecule has 1 aromatic carbocycles. The van der Waals surface area contributed by atoms with Gasteiger partial charge in [-0.2, -0.15) is 0 Å². The summed E-state index contributed by atoms with van der Waals surface area (Å²) in [6.45, 7) is 3.46. The number of nitrogens with zero attached hydrogens (tertiary/aromatic N) is 1. The van der Waals surface area contributed by atoms with E-state index in [0.717, 1.165) is 30.8 Å². The lowest BCUT2D eigenvalue weighted by atomic mass is 9.64. The van der Waals surface area contributed by atoms with Gasteiger partial charge in [0.2, 0.25) is 0 Å². The maximum absolute atomic E-state index is 10.6. The minimum Gasteiger partial charge on any atom is -0.303 e. The van der Waals surface area contributed by atoms with Crippen LogP contribution < -0.4 is 0 Å². The van der Waals surface area contributed by atoms with Crippen molar-refractivity contribution in [1.82, 2.24) is 4.90 Å². The molecule has 1 aromatic rings. The lowest BCUT2D eigenvalue weighted by Gasteiger charge is -2.47. The van der Waals surface area contributed by atoms with Crippen LogP contribution in [0.2, 0.25) is 5.02 Å². The van der Waals surface area contributed by atoms with Gasteiger partial charge in [0.15, 0.2) is 0 Å². The summed E-state index contributed by atoms with van der Waals surface area (Å²) in [4.78, 5) is 13.2. The Kier molecular flexibility index (Phi) is 4.66. The molecule has 0 atom stereocenters. The van der Waals surface area contributed by atoms with Gasteiger partial charge in [0.1, 0.15) is 6.29 Å². The summed E-state index contributed by atoms with van der Waals surface area (Å²) in [6, 6.07) is 8.46. The minimum absolute atomic E-state index is 0.349. The summed E-state index contributed by atoms with van der Waals surface area (Å²) >= 11 is 6.02. The number of likely N-dealkylation sites (tertiary alicyclic amines) is 1. The van der Waals surface area contributed by atoms with Crippen molar-refractivity contribution in [2.24, 2.45) is 5.92 Å². The molecular formula is C18H24ClNO. The van der Waals surface area contributed by atoms with E-state index in [0.29, 0.717) is 11.3 Å². The van der Waals surface area contributed by atoms with Crippen molar-refractivity contribution < 1.29 is 4.79 Å². The molecule has 3 rings (SSSR count). The highest BCUT2D eigenvalue weighted by molar-refractivity contribution is 6.30. The molecule has 1 aliphatic carbocycles. The molecule has 0 aromatic heterocycles. The van der Waals surface area contributed by atoms with Gasteiger partial charge in [-0.05, 0) is 62.4 Å². The van der Waals surface area contributed by atoms with Crippen molar-refractivity contribution in [2.45, 2.75) is 43.9 Å². The first-order valence-corrected chi connectivity index (χ1v) is 8.52. The SMILES string of the molecule is O=CCC1CCN(CC2(c3ccc(Cl)cc3)CCC2)CC1. The molecule has 0 radical (unpaired) electrons. The van der Waals surface area contributed by atoms with Crippen LogP contribution in [0, 0.1) is 5.92 Å². The van der Waals surface area contributed by atoms with Crippen molar-refractivity contribution in [3.05, 3.63) is 34.9 Å². The molecule has 21 heavy (non-hydrogen) atoms. The van der Waals surface area contributed by atoms with Gasteiger partial charge in [0.25, 0.3) is 0 Å². The van der Waals surface area contributed by atoms with Crippen LogP contribution in [0.15, 0.2) is 24.3 Å². The van der Waals surface area contributed by atoms with E-state index in [4.69, 9.17) is 11.6 Å². The Morgan fingerprint density at radius 2 is 1.86 bits per heavy atom. The Labute approximate surface area is 132 Å². The van der Waals surface area contributed by atoms with E-state index < -0.39 is 0 Å². The number of benzene rings is 1. The summed E-state index contributed by atoms with van der Waals surface area (Å²) in [6.07, 6.45) is 8.11. The first-order chi connectivity index (χ1) is 10.2. The predicted octanol–water partition coefficient (Wildman–Crippen LogP) is 4.06. The second kappa shape index (κ2) is 6.50. The Morgan fingerprint density at radius 1 is 1.19 bits per heavy atom. The second-order valence-corrected chi connectivity index (χ2v) is 7.20. The number of aldehydes is 1. The summed E-state index contributed by atoms with van der Waals surface area (Å²) in [5.41, 5.74) is 1.80. The monoisotopic (exact) mass is 305 g/mol. The highest BCUT2D eigenvalue weighted by Gasteiger charge is 2.40. The van der Waals surface area contributed by atoms with Crippen molar-refractivity contribution in [2.75, 3.05) is 19.6 Å². The standard InChI is InChI=1S/C18H24ClNO/c19-17-4-2-16(3-5-17)18(9-1-10-18)14-20-11-6-15(7-12-20)8-13-21/h2-5,13,15H,1,6-12,14H2. The molecule has 0 spiro atoms. The molecule has 0 unspecified atom stereocenters. The van der Waals surface area contributed by atoms with Crippen molar-refractivity contribution in [1.29, 1.82) is 0 Å². The maximum atomic E-state index is 10.6. The fraction of sp³-hybridized carbons (Fsp3) is 0.611. The first kappa shape index (κ1) is 15.1. The molecule has 1 heterocycles. The number of piperidine rings is 1. The maximum Gasteiger partial charge on any atom is 0.120 e. The summed E-state index contributed by atoms with van der Waals surface area (Å²) in [5.74, 6) is 0.617. The number of carbonyl (C=O) groups is 1. The third-order valence-corrected chi connectivity index (χ3v) is 5.68. The van der Waals surface area contributed by atoms with E-state index in [2.05, 4.69) is 17.0 Å². The third kappa shape index (κ3) is 3.32. The van der Waals surface area contributed by atoms with Gasteiger partial charge in [-0.1, -0.05) is 30.2 Å². The largest absolute Gasteiger partial charge is 0.303 e. The van der Waals surface area contributed by atoms with Crippen molar-refractivity contribution in [3.8, 4) is 0 Å². The lowest BCUT2D eigenvalue weighted by Crippen LogP contribution is -2.48. The average molecular weight is 306 g/mol. The van der Waals surface area contributed by atoms with Crippen LogP contribution in [0.5, 0.6) is 0 Å². The van der Waals surface area contributed by atoms with Crippen LogP contribution in [0.4, 0.5) is 0 Å². The number of carbonyl (C=O) groups excluding carboxylic acids is 1. The van der Waals surface area contributed by atoms with Crippen LogP contribution in [-0.2, 0) is 10.2 Å². The Morgan fingerprint density at radius 3 is 2.38 bits per heavy atom.